The maximum Gasteiger partial charge on any atom is 0.238 e. The number of nitrogens with zero attached hydrogens (tertiary/aromatic N) is 3. The van der Waals surface area contributed by atoms with Gasteiger partial charge in [-0.3, -0.25) is 4.98 Å². The van der Waals surface area contributed by atoms with Crippen LogP contribution in [0.5, 0.6) is 0 Å². The molecule has 0 N–H and O–H groups in total. The summed E-state index contributed by atoms with van der Waals surface area (Å²) >= 11 is 3.26. The highest BCUT2D eigenvalue weighted by Crippen LogP contribution is 2.54. The number of furan rings is 1. The van der Waals surface area contributed by atoms with Gasteiger partial charge in [-0.15, -0.1) is 0 Å². The molecule has 1 saturated carbocycles. The number of hydrogen-bond acceptors (Lipinski definition) is 5. The van der Waals surface area contributed by atoms with Crippen molar-refractivity contribution < 1.29 is 8.94 Å². The number of pyridine rings is 1. The molecule has 20 heavy (non-hydrogen) atoms. The van der Waals surface area contributed by atoms with E-state index in [0.29, 0.717) is 34.0 Å². The fraction of sp³-hybridized carbons (Fsp3) is 0.214. The van der Waals surface area contributed by atoms with E-state index in [2.05, 4.69) is 37.1 Å². The normalized spacial score (nSPS) is 21.1. The molecule has 2 atom stereocenters. The Morgan fingerprint density at radius 1 is 1.20 bits per heavy atom. The van der Waals surface area contributed by atoms with Crippen LogP contribution in [0.15, 0.2) is 50.3 Å². The molecule has 1 fully saturated rings. The van der Waals surface area contributed by atoms with E-state index in [-0.39, 0.29) is 0 Å². The van der Waals surface area contributed by atoms with E-state index in [4.69, 9.17) is 8.94 Å². The smallest absolute Gasteiger partial charge is 0.238 e. The predicted molar refractivity (Wildman–Crippen MR) is 74.0 cm³/mol. The fourth-order valence-corrected chi connectivity index (χ4v) is 2.66. The van der Waals surface area contributed by atoms with Crippen molar-refractivity contribution in [3.8, 4) is 11.6 Å². The SMILES string of the molecule is Brc1ccc(-c2noc([C@@H]3C[C@@H]3c3cccnc3)n2)o1. The first-order chi connectivity index (χ1) is 9.81. The lowest BCUT2D eigenvalue weighted by Crippen LogP contribution is -1.85. The van der Waals surface area contributed by atoms with Crippen LogP contribution < -0.4 is 0 Å². The second-order valence-corrected chi connectivity index (χ2v) is 5.58. The lowest BCUT2D eigenvalue weighted by Gasteiger charge is -1.95. The Labute approximate surface area is 123 Å². The minimum absolute atomic E-state index is 0.291. The van der Waals surface area contributed by atoms with Crippen molar-refractivity contribution in [2.75, 3.05) is 0 Å². The molecule has 0 aliphatic heterocycles. The van der Waals surface area contributed by atoms with Gasteiger partial charge in [0.15, 0.2) is 10.4 Å². The predicted octanol–water partition coefficient (Wildman–Crippen LogP) is 3.76. The molecule has 0 amide bonds. The summed E-state index contributed by atoms with van der Waals surface area (Å²) < 4.78 is 11.4. The molecule has 1 aliphatic carbocycles. The Balaban J connectivity index is 1.56. The Morgan fingerprint density at radius 2 is 2.15 bits per heavy atom. The highest BCUT2D eigenvalue weighted by atomic mass is 79.9. The van der Waals surface area contributed by atoms with E-state index in [9.17, 15) is 0 Å². The zero-order valence-corrected chi connectivity index (χ0v) is 11.9. The van der Waals surface area contributed by atoms with Crippen molar-refractivity contribution in [1.82, 2.24) is 15.1 Å². The summed E-state index contributed by atoms with van der Waals surface area (Å²) in [5.41, 5.74) is 1.22. The van der Waals surface area contributed by atoms with Gasteiger partial charge in [0.1, 0.15) is 0 Å². The first kappa shape index (κ1) is 11.8. The zero-order chi connectivity index (χ0) is 13.5. The molecule has 6 heteroatoms. The van der Waals surface area contributed by atoms with Gasteiger partial charge in [-0.05, 0) is 52.0 Å². The number of rotatable bonds is 3. The topological polar surface area (TPSA) is 65.0 Å². The molecule has 0 spiro atoms. The highest BCUT2D eigenvalue weighted by molar-refractivity contribution is 9.10. The molecule has 0 unspecified atom stereocenters. The molecule has 0 bridgehead atoms. The van der Waals surface area contributed by atoms with Gasteiger partial charge in [0.05, 0.1) is 0 Å². The van der Waals surface area contributed by atoms with Gasteiger partial charge < -0.3 is 8.94 Å². The van der Waals surface area contributed by atoms with Gasteiger partial charge >= 0.3 is 0 Å². The van der Waals surface area contributed by atoms with E-state index in [1.807, 2.05) is 18.3 Å². The van der Waals surface area contributed by atoms with Crippen LogP contribution in [-0.4, -0.2) is 15.1 Å². The van der Waals surface area contributed by atoms with Crippen molar-refractivity contribution in [3.63, 3.8) is 0 Å². The lowest BCUT2D eigenvalue weighted by molar-refractivity contribution is 0.377. The van der Waals surface area contributed by atoms with Crippen molar-refractivity contribution >= 4 is 15.9 Å². The van der Waals surface area contributed by atoms with Crippen LogP contribution in [-0.2, 0) is 0 Å². The minimum Gasteiger partial charge on any atom is -0.446 e. The van der Waals surface area contributed by atoms with E-state index in [1.165, 1.54) is 5.56 Å². The second-order valence-electron chi connectivity index (χ2n) is 4.80. The van der Waals surface area contributed by atoms with Crippen LogP contribution in [0.2, 0.25) is 0 Å². The molecule has 3 aromatic heterocycles. The van der Waals surface area contributed by atoms with Crippen molar-refractivity contribution in [3.05, 3.63) is 52.8 Å². The van der Waals surface area contributed by atoms with Crippen LogP contribution in [0.1, 0.15) is 29.7 Å². The molecule has 100 valence electrons. The molecule has 1 aliphatic rings. The zero-order valence-electron chi connectivity index (χ0n) is 10.4. The summed E-state index contributed by atoms with van der Waals surface area (Å²) in [6.45, 7) is 0. The van der Waals surface area contributed by atoms with Gasteiger partial charge in [0, 0.05) is 18.3 Å². The van der Waals surface area contributed by atoms with Gasteiger partial charge in [0.2, 0.25) is 11.7 Å². The summed E-state index contributed by atoms with van der Waals surface area (Å²) in [6.07, 6.45) is 4.70. The Morgan fingerprint density at radius 3 is 2.90 bits per heavy atom. The van der Waals surface area contributed by atoms with Crippen LogP contribution in [0.25, 0.3) is 11.6 Å². The second kappa shape index (κ2) is 4.56. The standard InChI is InChI=1S/C14H10BrN3O2/c15-12-4-3-11(19-12)13-17-14(20-18-13)10-6-9(10)8-2-1-5-16-7-8/h1-5,7,9-10H,6H2/t9-,10-/m1/s1. The third-order valence-corrected chi connectivity index (χ3v) is 3.88. The van der Waals surface area contributed by atoms with Crippen molar-refractivity contribution in [2.45, 2.75) is 18.3 Å². The number of hydrogen-bond donors (Lipinski definition) is 0. The average molecular weight is 332 g/mol. The average Bonchev–Trinajstić information content (AvgIpc) is 2.91. The summed E-state index contributed by atoms with van der Waals surface area (Å²) in [7, 11) is 0. The van der Waals surface area contributed by atoms with E-state index in [0.717, 1.165) is 6.42 Å². The van der Waals surface area contributed by atoms with Gasteiger partial charge in [-0.25, -0.2) is 0 Å². The Kier molecular flexibility index (Phi) is 2.70. The van der Waals surface area contributed by atoms with Crippen molar-refractivity contribution in [2.24, 2.45) is 0 Å². The summed E-state index contributed by atoms with van der Waals surface area (Å²) in [4.78, 5) is 8.56. The van der Waals surface area contributed by atoms with Gasteiger partial charge in [-0.2, -0.15) is 4.98 Å². The molecule has 0 radical (unpaired) electrons. The van der Waals surface area contributed by atoms with E-state index < -0.39 is 0 Å². The molecule has 5 nitrogen and oxygen atoms in total. The van der Waals surface area contributed by atoms with E-state index in [1.54, 1.807) is 12.3 Å². The van der Waals surface area contributed by atoms with E-state index >= 15 is 0 Å². The molecule has 0 aromatic carbocycles. The van der Waals surface area contributed by atoms with Gasteiger partial charge in [0.25, 0.3) is 0 Å². The quantitative estimate of drug-likeness (QED) is 0.731. The first-order valence-electron chi connectivity index (χ1n) is 6.30. The highest BCUT2D eigenvalue weighted by Gasteiger charge is 2.44. The van der Waals surface area contributed by atoms with Crippen LogP contribution >= 0.6 is 15.9 Å². The number of aromatic nitrogens is 3. The van der Waals surface area contributed by atoms with Crippen LogP contribution in [0, 0.1) is 0 Å². The number of halogens is 1. The fourth-order valence-electron chi connectivity index (χ4n) is 2.35. The summed E-state index contributed by atoms with van der Waals surface area (Å²) in [5, 5.41) is 3.97. The van der Waals surface area contributed by atoms with Crippen LogP contribution in [0.3, 0.4) is 0 Å². The molecule has 3 heterocycles. The maximum absolute atomic E-state index is 5.42. The summed E-state index contributed by atoms with van der Waals surface area (Å²) in [6, 6.07) is 7.65. The molecular weight excluding hydrogens is 322 g/mol. The molecule has 4 rings (SSSR count). The van der Waals surface area contributed by atoms with Crippen LogP contribution in [0.4, 0.5) is 0 Å². The molecule has 0 saturated heterocycles. The summed E-state index contributed by atoms with van der Waals surface area (Å²) in [5.74, 6) is 2.48. The largest absolute Gasteiger partial charge is 0.446 e. The lowest BCUT2D eigenvalue weighted by atomic mass is 10.1. The molecule has 3 aromatic rings. The first-order valence-corrected chi connectivity index (χ1v) is 7.10. The third-order valence-electron chi connectivity index (χ3n) is 3.46. The van der Waals surface area contributed by atoms with Gasteiger partial charge in [-0.1, -0.05) is 11.2 Å². The minimum atomic E-state index is 0.291. The Hall–Kier alpha value is -1.95. The molecular formula is C14H10BrN3O2. The monoisotopic (exact) mass is 331 g/mol. The maximum atomic E-state index is 5.42. The van der Waals surface area contributed by atoms with Crippen molar-refractivity contribution in [1.29, 1.82) is 0 Å². The third kappa shape index (κ3) is 2.06. The Bertz CT molecular complexity index is 738.